The Bertz CT molecular complexity index is 1520. The van der Waals surface area contributed by atoms with Gasteiger partial charge in [-0.1, -0.05) is 24.3 Å². The van der Waals surface area contributed by atoms with Gasteiger partial charge < -0.3 is 15.2 Å². The number of alkyl halides is 6. The van der Waals surface area contributed by atoms with Crippen LogP contribution in [0, 0.1) is 0 Å². The summed E-state index contributed by atoms with van der Waals surface area (Å²) in [6.45, 7) is 0. The number of rotatable bonds is 1. The van der Waals surface area contributed by atoms with Gasteiger partial charge in [0.05, 0.1) is 17.2 Å². The van der Waals surface area contributed by atoms with Crippen molar-refractivity contribution in [1.82, 2.24) is 29.5 Å². The Morgan fingerprint density at radius 2 is 1.47 bits per heavy atom. The highest BCUT2D eigenvalue weighted by Gasteiger charge is 2.38. The fourth-order valence-electron chi connectivity index (χ4n) is 2.73. The number of halogens is 6. The molecule has 0 amide bonds. The number of para-hydroxylation sites is 1. The Labute approximate surface area is 194 Å². The largest absolute Gasteiger partial charge is 0.490 e. The third kappa shape index (κ3) is 5.83. The van der Waals surface area contributed by atoms with E-state index in [1.807, 2.05) is 53.1 Å². The smallest absolute Gasteiger partial charge is 0.475 e. The molecular weight excluding hydrogens is 502 g/mol. The topological polar surface area (TPSA) is 146 Å². The number of aromatic nitrogens is 6. The number of nitrogens with zero attached hydrogens (tertiary/aromatic N) is 5. The quantitative estimate of drug-likeness (QED) is 0.284. The van der Waals surface area contributed by atoms with Gasteiger partial charge in [-0.15, -0.1) is 10.2 Å². The summed E-state index contributed by atoms with van der Waals surface area (Å²) in [7, 11) is 0. The molecule has 0 saturated carbocycles. The van der Waals surface area contributed by atoms with Crippen LogP contribution in [-0.4, -0.2) is 64.1 Å². The molecule has 0 bridgehead atoms. The Balaban J connectivity index is 0.000000216. The van der Waals surface area contributed by atoms with E-state index in [0.717, 1.165) is 27.8 Å². The lowest BCUT2D eigenvalue weighted by atomic mass is 10.2. The average Bonchev–Trinajstić information content (AvgIpc) is 3.45. The maximum atomic E-state index is 10.6. The third-order valence-corrected chi connectivity index (χ3v) is 4.25. The van der Waals surface area contributed by atoms with Gasteiger partial charge in [-0.25, -0.2) is 19.6 Å². The van der Waals surface area contributed by atoms with E-state index in [1.165, 1.54) is 0 Å². The number of pyridine rings is 1. The minimum absolute atomic E-state index is 0.706. The van der Waals surface area contributed by atoms with Crippen LogP contribution in [0.4, 0.5) is 26.3 Å². The first kappa shape index (κ1) is 25.9. The number of fused-ring (bicyclic) bond motifs is 4. The molecule has 0 aliphatic rings. The fraction of sp³-hybridized carbons (Fsp3) is 0.100. The Morgan fingerprint density at radius 3 is 2.08 bits per heavy atom. The molecule has 0 aliphatic heterocycles. The number of aromatic amines is 1. The van der Waals surface area contributed by atoms with Gasteiger partial charge in [-0.05, 0) is 18.2 Å². The van der Waals surface area contributed by atoms with Crippen molar-refractivity contribution in [3.63, 3.8) is 0 Å². The zero-order chi connectivity index (χ0) is 26.7. The number of H-pyrrole nitrogens is 1. The molecule has 36 heavy (non-hydrogen) atoms. The van der Waals surface area contributed by atoms with E-state index >= 15 is 0 Å². The standard InChI is InChI=1S/C16H10N6.2C2HF3O2/c1-2-4-11-10(3-1)5-6-12(19-11)16-21-20-14-9-18-15-13(22(14)16)7-8-17-15;2*3-2(4,5)1(6)7/h1-9,17H;2*(H,6,7). The predicted molar refractivity (Wildman–Crippen MR) is 111 cm³/mol. The lowest BCUT2D eigenvalue weighted by Crippen LogP contribution is -2.21. The van der Waals surface area contributed by atoms with Crippen LogP contribution in [0.15, 0.2) is 54.9 Å². The zero-order valence-electron chi connectivity index (χ0n) is 17.4. The highest BCUT2D eigenvalue weighted by molar-refractivity contribution is 5.82. The molecule has 3 N–H and O–H groups in total. The Kier molecular flexibility index (Phi) is 7.07. The molecule has 16 heteroatoms. The first-order chi connectivity index (χ1) is 16.8. The number of carboxylic acids is 2. The number of hydrogen-bond acceptors (Lipinski definition) is 6. The van der Waals surface area contributed by atoms with Gasteiger partial charge in [0, 0.05) is 11.6 Å². The van der Waals surface area contributed by atoms with Crippen LogP contribution in [0.5, 0.6) is 0 Å². The molecule has 1 aromatic carbocycles. The highest BCUT2D eigenvalue weighted by Crippen LogP contribution is 2.23. The summed E-state index contributed by atoms with van der Waals surface area (Å²) < 4.78 is 65.4. The van der Waals surface area contributed by atoms with E-state index in [0.29, 0.717) is 11.5 Å². The monoisotopic (exact) mass is 514 g/mol. The molecular formula is C20H12F6N6O4. The number of aliphatic carboxylic acids is 2. The van der Waals surface area contributed by atoms with Crippen molar-refractivity contribution in [3.8, 4) is 11.5 Å². The van der Waals surface area contributed by atoms with Crippen LogP contribution in [0.2, 0.25) is 0 Å². The average molecular weight is 514 g/mol. The molecule has 4 heterocycles. The molecule has 0 fully saturated rings. The van der Waals surface area contributed by atoms with Gasteiger partial charge in [-0.2, -0.15) is 26.3 Å². The van der Waals surface area contributed by atoms with Crippen LogP contribution in [-0.2, 0) is 9.59 Å². The molecule has 0 spiro atoms. The van der Waals surface area contributed by atoms with E-state index in [4.69, 9.17) is 24.8 Å². The van der Waals surface area contributed by atoms with Crippen molar-refractivity contribution in [2.75, 3.05) is 0 Å². The van der Waals surface area contributed by atoms with Crippen LogP contribution in [0.3, 0.4) is 0 Å². The lowest BCUT2D eigenvalue weighted by Gasteiger charge is -2.03. The summed E-state index contributed by atoms with van der Waals surface area (Å²) in [5.74, 6) is -4.80. The number of hydrogen-bond donors (Lipinski definition) is 3. The number of nitrogens with one attached hydrogen (secondary N) is 1. The minimum atomic E-state index is -5.08. The third-order valence-electron chi connectivity index (χ3n) is 4.25. The molecule has 0 saturated heterocycles. The summed E-state index contributed by atoms with van der Waals surface area (Å²) in [6.07, 6.45) is -6.61. The Morgan fingerprint density at radius 1 is 0.861 bits per heavy atom. The summed E-state index contributed by atoms with van der Waals surface area (Å²) in [5, 5.41) is 23.9. The van der Waals surface area contributed by atoms with Crippen LogP contribution < -0.4 is 0 Å². The van der Waals surface area contributed by atoms with Crippen molar-refractivity contribution in [1.29, 1.82) is 0 Å². The van der Waals surface area contributed by atoms with Crippen LogP contribution in [0.25, 0.3) is 39.2 Å². The summed E-state index contributed by atoms with van der Waals surface area (Å²) in [6, 6.07) is 14.0. The second kappa shape index (κ2) is 9.85. The van der Waals surface area contributed by atoms with Gasteiger partial charge in [0.25, 0.3) is 0 Å². The van der Waals surface area contributed by atoms with E-state index < -0.39 is 24.3 Å². The van der Waals surface area contributed by atoms with Crippen molar-refractivity contribution in [3.05, 3.63) is 54.9 Å². The van der Waals surface area contributed by atoms with E-state index in [1.54, 1.807) is 6.20 Å². The second-order valence-corrected chi connectivity index (χ2v) is 6.68. The van der Waals surface area contributed by atoms with Crippen molar-refractivity contribution in [2.24, 2.45) is 0 Å². The first-order valence-electron chi connectivity index (χ1n) is 9.42. The molecule has 188 valence electrons. The molecule has 0 radical (unpaired) electrons. The van der Waals surface area contributed by atoms with Crippen molar-refractivity contribution < 1.29 is 46.1 Å². The first-order valence-corrected chi connectivity index (χ1v) is 9.42. The van der Waals surface area contributed by atoms with Gasteiger partial charge >= 0.3 is 24.3 Å². The maximum Gasteiger partial charge on any atom is 0.490 e. The fourth-order valence-corrected chi connectivity index (χ4v) is 2.73. The molecule has 5 rings (SSSR count). The number of benzene rings is 1. The second-order valence-electron chi connectivity index (χ2n) is 6.68. The number of carboxylic acid groups (broad SMARTS) is 2. The molecule has 0 aliphatic carbocycles. The molecule has 4 aromatic heterocycles. The van der Waals surface area contributed by atoms with Crippen LogP contribution in [0.1, 0.15) is 0 Å². The molecule has 0 unspecified atom stereocenters. The van der Waals surface area contributed by atoms with Crippen molar-refractivity contribution in [2.45, 2.75) is 12.4 Å². The molecule has 0 atom stereocenters. The lowest BCUT2D eigenvalue weighted by molar-refractivity contribution is -0.193. The zero-order valence-corrected chi connectivity index (χ0v) is 17.4. The summed E-state index contributed by atoms with van der Waals surface area (Å²) in [5.41, 5.74) is 4.18. The van der Waals surface area contributed by atoms with Crippen LogP contribution >= 0.6 is 0 Å². The predicted octanol–water partition coefficient (Wildman–Crippen LogP) is 4.09. The van der Waals surface area contributed by atoms with Crippen molar-refractivity contribution >= 4 is 39.7 Å². The SMILES string of the molecule is O=C(O)C(F)(F)F.O=C(O)C(F)(F)F.c1ccc2nc(-c3nnc4cnc5[nH]ccc5n34)ccc2c1. The minimum Gasteiger partial charge on any atom is -0.475 e. The van der Waals surface area contributed by atoms with E-state index in [9.17, 15) is 26.3 Å². The molecule has 10 nitrogen and oxygen atoms in total. The van der Waals surface area contributed by atoms with E-state index in [-0.39, 0.29) is 0 Å². The molecule has 5 aromatic rings. The number of carbonyl (C=O) groups is 2. The van der Waals surface area contributed by atoms with Gasteiger partial charge in [0.2, 0.25) is 0 Å². The normalized spacial score (nSPS) is 11.5. The van der Waals surface area contributed by atoms with Gasteiger partial charge in [-0.3, -0.25) is 4.40 Å². The Hall–Kier alpha value is -4.76. The van der Waals surface area contributed by atoms with Gasteiger partial charge in [0.1, 0.15) is 5.69 Å². The summed E-state index contributed by atoms with van der Waals surface area (Å²) in [4.78, 5) is 29.9. The van der Waals surface area contributed by atoms with E-state index in [2.05, 4.69) is 20.2 Å². The van der Waals surface area contributed by atoms with Gasteiger partial charge in [0.15, 0.2) is 17.1 Å². The maximum absolute atomic E-state index is 10.6. The summed E-state index contributed by atoms with van der Waals surface area (Å²) >= 11 is 0. The highest BCUT2D eigenvalue weighted by atomic mass is 19.4.